The maximum Gasteiger partial charge on any atom is 0.306 e. The van der Waals surface area contributed by atoms with Crippen LogP contribution in [0.25, 0.3) is 0 Å². The number of aliphatic hydroxyl groups is 1. The number of aliphatic hydroxyl groups excluding tert-OH is 1. The summed E-state index contributed by atoms with van der Waals surface area (Å²) in [6.07, 6.45) is 63.1. The van der Waals surface area contributed by atoms with Crippen molar-refractivity contribution in [2.75, 3.05) is 19.8 Å². The van der Waals surface area contributed by atoms with Crippen molar-refractivity contribution in [3.8, 4) is 0 Å². The Hall–Kier alpha value is -0.870. The van der Waals surface area contributed by atoms with Gasteiger partial charge in [0.2, 0.25) is 0 Å². The summed E-state index contributed by atoms with van der Waals surface area (Å²) in [4.78, 5) is 12.3. The first-order chi connectivity index (χ1) is 28.2. The van der Waals surface area contributed by atoms with Crippen LogP contribution in [0.2, 0.25) is 0 Å². The topological polar surface area (TPSA) is 55.8 Å². The van der Waals surface area contributed by atoms with Crippen LogP contribution in [0.5, 0.6) is 0 Å². The molecule has 4 nitrogen and oxygen atoms in total. The fourth-order valence-electron chi connectivity index (χ4n) is 8.15. The van der Waals surface area contributed by atoms with Gasteiger partial charge in [-0.2, -0.15) is 0 Å². The van der Waals surface area contributed by atoms with E-state index in [9.17, 15) is 9.90 Å². The number of carbonyl (C=O) groups is 1. The first-order valence-electron chi connectivity index (χ1n) is 26.3. The lowest BCUT2D eigenvalue weighted by molar-refractivity contribution is -0.154. The maximum atomic E-state index is 12.3. The highest BCUT2D eigenvalue weighted by Gasteiger charge is 2.13. The number of rotatable bonds is 50. The maximum absolute atomic E-state index is 12.3. The molecule has 0 spiro atoms. The second-order valence-corrected chi connectivity index (χ2v) is 18.0. The van der Waals surface area contributed by atoms with Crippen molar-refractivity contribution >= 4 is 5.97 Å². The number of allylic oxidation sites excluding steroid dienone is 2. The Bertz CT molecular complexity index is 766. The highest BCUT2D eigenvalue weighted by atomic mass is 16.6. The van der Waals surface area contributed by atoms with Crippen molar-refractivity contribution in [3.63, 3.8) is 0 Å². The Morgan fingerprint density at radius 1 is 0.404 bits per heavy atom. The van der Waals surface area contributed by atoms with E-state index < -0.39 is 6.10 Å². The van der Waals surface area contributed by atoms with E-state index in [1.807, 2.05) is 0 Å². The van der Waals surface area contributed by atoms with Crippen molar-refractivity contribution in [2.24, 2.45) is 0 Å². The molecule has 57 heavy (non-hydrogen) atoms. The first-order valence-corrected chi connectivity index (χ1v) is 26.3. The summed E-state index contributed by atoms with van der Waals surface area (Å²) in [5.41, 5.74) is 0. The molecule has 340 valence electrons. The highest BCUT2D eigenvalue weighted by Crippen LogP contribution is 2.17. The third-order valence-corrected chi connectivity index (χ3v) is 12.1. The molecule has 0 radical (unpaired) electrons. The molecule has 0 rings (SSSR count). The molecule has 0 fully saturated rings. The van der Waals surface area contributed by atoms with E-state index in [0.29, 0.717) is 19.6 Å². The van der Waals surface area contributed by atoms with E-state index in [4.69, 9.17) is 9.47 Å². The zero-order valence-electron chi connectivity index (χ0n) is 39.1. The minimum absolute atomic E-state index is 0.165. The summed E-state index contributed by atoms with van der Waals surface area (Å²) in [5, 5.41) is 9.65. The van der Waals surface area contributed by atoms with E-state index >= 15 is 0 Å². The molecule has 0 amide bonds. The third-order valence-electron chi connectivity index (χ3n) is 12.1. The van der Waals surface area contributed by atoms with Crippen LogP contribution in [0, 0.1) is 0 Å². The van der Waals surface area contributed by atoms with Crippen LogP contribution in [0.3, 0.4) is 0 Å². The van der Waals surface area contributed by atoms with E-state index in [2.05, 4.69) is 26.0 Å². The lowest BCUT2D eigenvalue weighted by Crippen LogP contribution is -2.27. The Morgan fingerprint density at radius 3 is 1.00 bits per heavy atom. The summed E-state index contributed by atoms with van der Waals surface area (Å²) in [6, 6.07) is 0. The largest absolute Gasteiger partial charge is 0.457 e. The Labute approximate surface area is 358 Å². The normalized spacial score (nSPS) is 12.3. The number of esters is 1. The summed E-state index contributed by atoms with van der Waals surface area (Å²) in [7, 11) is 0. The molecule has 1 unspecified atom stereocenters. The lowest BCUT2D eigenvalue weighted by Gasteiger charge is -2.16. The van der Waals surface area contributed by atoms with Crippen LogP contribution in [0.1, 0.15) is 296 Å². The van der Waals surface area contributed by atoms with E-state index in [1.54, 1.807) is 0 Å². The average Bonchev–Trinajstić information content (AvgIpc) is 3.22. The molecule has 1 atom stereocenters. The zero-order chi connectivity index (χ0) is 41.2. The van der Waals surface area contributed by atoms with Crippen LogP contribution in [0.15, 0.2) is 12.2 Å². The van der Waals surface area contributed by atoms with Gasteiger partial charge in [-0.15, -0.1) is 0 Å². The zero-order valence-corrected chi connectivity index (χ0v) is 39.1. The van der Waals surface area contributed by atoms with Crippen LogP contribution >= 0.6 is 0 Å². The van der Waals surface area contributed by atoms with Crippen molar-refractivity contribution in [2.45, 2.75) is 302 Å². The summed E-state index contributed by atoms with van der Waals surface area (Å²) in [5.74, 6) is -0.192. The van der Waals surface area contributed by atoms with Gasteiger partial charge in [-0.05, 0) is 38.5 Å². The minimum Gasteiger partial charge on any atom is -0.457 e. The van der Waals surface area contributed by atoms with Gasteiger partial charge in [0.05, 0.1) is 13.2 Å². The SMILES string of the molecule is CCCCCCCCCC/C=C\CCCCCCCCCCCCOCC(CO)OC(=O)CCCCCCCCCCCCCCCCCCCCCCCCC. The molecule has 0 aliphatic heterocycles. The van der Waals surface area contributed by atoms with E-state index in [0.717, 1.165) is 19.3 Å². The van der Waals surface area contributed by atoms with Gasteiger partial charge in [-0.25, -0.2) is 0 Å². The monoisotopic (exact) mass is 805 g/mol. The van der Waals surface area contributed by atoms with Crippen molar-refractivity contribution in [1.29, 1.82) is 0 Å². The molecule has 0 aromatic rings. The number of hydrogen-bond acceptors (Lipinski definition) is 4. The molecule has 0 heterocycles. The first kappa shape index (κ1) is 56.1. The van der Waals surface area contributed by atoms with Crippen LogP contribution in [-0.4, -0.2) is 37.0 Å². The van der Waals surface area contributed by atoms with E-state index in [-0.39, 0.29) is 12.6 Å². The van der Waals surface area contributed by atoms with Crippen molar-refractivity contribution in [1.82, 2.24) is 0 Å². The molecule has 4 heteroatoms. The lowest BCUT2D eigenvalue weighted by atomic mass is 10.0. The summed E-state index contributed by atoms with van der Waals surface area (Å²) >= 11 is 0. The molecule has 0 aromatic heterocycles. The minimum atomic E-state index is -0.530. The standard InChI is InChI=1S/C53H104O4/c1-3-5-7-9-11-13-15-17-19-21-23-25-27-28-30-32-34-36-38-40-42-44-46-48-53(55)57-52(50-54)51-56-49-47-45-43-41-39-37-35-33-31-29-26-24-22-20-18-16-14-12-10-8-6-4-2/h22,24,52,54H,3-21,23,25-51H2,1-2H3/b24-22-. The van der Waals surface area contributed by atoms with Crippen LogP contribution in [0.4, 0.5) is 0 Å². The second kappa shape index (κ2) is 51.3. The molecule has 0 saturated heterocycles. The van der Waals surface area contributed by atoms with Gasteiger partial charge >= 0.3 is 5.97 Å². The molecule has 0 aromatic carbocycles. The smallest absolute Gasteiger partial charge is 0.306 e. The molecule has 0 aliphatic carbocycles. The van der Waals surface area contributed by atoms with Gasteiger partial charge in [-0.1, -0.05) is 264 Å². The molecule has 0 bridgehead atoms. The Morgan fingerprint density at radius 2 is 0.684 bits per heavy atom. The van der Waals surface area contributed by atoms with Crippen molar-refractivity contribution < 1.29 is 19.4 Å². The Kier molecular flexibility index (Phi) is 50.5. The Balaban J connectivity index is 3.34. The van der Waals surface area contributed by atoms with Gasteiger partial charge in [0.15, 0.2) is 0 Å². The predicted molar refractivity (Wildman–Crippen MR) is 251 cm³/mol. The van der Waals surface area contributed by atoms with Gasteiger partial charge in [0.1, 0.15) is 6.10 Å². The second-order valence-electron chi connectivity index (χ2n) is 18.0. The molecular weight excluding hydrogens is 701 g/mol. The number of hydrogen-bond donors (Lipinski definition) is 1. The summed E-state index contributed by atoms with van der Waals surface area (Å²) < 4.78 is 11.2. The van der Waals surface area contributed by atoms with Crippen molar-refractivity contribution in [3.05, 3.63) is 12.2 Å². The third kappa shape index (κ3) is 49.4. The number of ether oxygens (including phenoxy) is 2. The predicted octanol–water partition coefficient (Wildman–Crippen LogP) is 17.7. The molecule has 0 aliphatic rings. The number of unbranched alkanes of at least 4 members (excludes halogenated alkanes) is 40. The quantitative estimate of drug-likeness (QED) is 0.0378. The number of carbonyl (C=O) groups excluding carboxylic acids is 1. The molecule has 1 N–H and O–H groups in total. The van der Waals surface area contributed by atoms with Gasteiger partial charge < -0.3 is 14.6 Å². The summed E-state index contributed by atoms with van der Waals surface area (Å²) in [6.45, 7) is 5.41. The molecular formula is C53H104O4. The molecule has 0 saturated carbocycles. The van der Waals surface area contributed by atoms with Gasteiger partial charge in [0.25, 0.3) is 0 Å². The fourth-order valence-corrected chi connectivity index (χ4v) is 8.15. The fraction of sp³-hybridized carbons (Fsp3) is 0.943. The van der Waals surface area contributed by atoms with E-state index in [1.165, 1.54) is 257 Å². The van der Waals surface area contributed by atoms with Crippen LogP contribution in [-0.2, 0) is 14.3 Å². The van der Waals surface area contributed by atoms with Crippen LogP contribution < -0.4 is 0 Å². The van der Waals surface area contributed by atoms with Gasteiger partial charge in [-0.3, -0.25) is 4.79 Å². The highest BCUT2D eigenvalue weighted by molar-refractivity contribution is 5.69. The van der Waals surface area contributed by atoms with Gasteiger partial charge in [0, 0.05) is 13.0 Å². The average molecular weight is 805 g/mol.